The van der Waals surface area contributed by atoms with Crippen molar-refractivity contribution in [3.05, 3.63) is 17.7 Å². The van der Waals surface area contributed by atoms with Crippen LogP contribution in [0.4, 0.5) is 13.2 Å². The van der Waals surface area contributed by atoms with E-state index in [1.807, 2.05) is 12.1 Å². The van der Waals surface area contributed by atoms with Gasteiger partial charge in [-0.15, -0.1) is 0 Å². The van der Waals surface area contributed by atoms with Crippen LogP contribution < -0.4 is 19.5 Å². The Balaban J connectivity index is 1.50. The van der Waals surface area contributed by atoms with Crippen LogP contribution in [0.3, 0.4) is 0 Å². The van der Waals surface area contributed by atoms with E-state index >= 15 is 0 Å². The molecule has 1 aromatic carbocycles. The Labute approximate surface area is 145 Å². The second-order valence-corrected chi connectivity index (χ2v) is 6.46. The molecule has 2 aliphatic heterocycles. The molecule has 25 heavy (non-hydrogen) atoms. The highest BCUT2D eigenvalue weighted by Crippen LogP contribution is 2.40. The van der Waals surface area contributed by atoms with E-state index < -0.39 is 12.7 Å². The number of benzene rings is 1. The van der Waals surface area contributed by atoms with E-state index in [-0.39, 0.29) is 5.92 Å². The minimum atomic E-state index is -4.12. The fourth-order valence-corrected chi connectivity index (χ4v) is 3.33. The number of rotatable bonds is 6. The summed E-state index contributed by atoms with van der Waals surface area (Å²) < 4.78 is 53.8. The van der Waals surface area contributed by atoms with Crippen LogP contribution in [-0.4, -0.2) is 57.6 Å². The van der Waals surface area contributed by atoms with Crippen LogP contribution in [-0.2, 0) is 6.54 Å². The van der Waals surface area contributed by atoms with Crippen molar-refractivity contribution in [3.63, 3.8) is 0 Å². The summed E-state index contributed by atoms with van der Waals surface area (Å²) in [4.78, 5) is 1.47. The molecule has 0 spiro atoms. The van der Waals surface area contributed by atoms with E-state index in [2.05, 4.69) is 5.32 Å². The molecule has 1 aromatic rings. The van der Waals surface area contributed by atoms with Gasteiger partial charge in [0.05, 0.1) is 13.7 Å². The SMILES string of the molecule is COc1cc(CNCC2CCN(CC(F)(F)F)C2)cc2c1OCCO2. The third-order valence-electron chi connectivity index (χ3n) is 4.42. The van der Waals surface area contributed by atoms with Crippen molar-refractivity contribution in [2.24, 2.45) is 5.92 Å². The number of ether oxygens (including phenoxy) is 3. The first-order valence-electron chi connectivity index (χ1n) is 8.41. The molecule has 0 saturated carbocycles. The van der Waals surface area contributed by atoms with E-state index in [9.17, 15) is 13.2 Å². The molecule has 1 fully saturated rings. The summed E-state index contributed by atoms with van der Waals surface area (Å²) in [5.74, 6) is 2.16. The normalized spacial score (nSPS) is 20.7. The summed E-state index contributed by atoms with van der Waals surface area (Å²) in [6.07, 6.45) is -3.34. The van der Waals surface area contributed by atoms with Crippen molar-refractivity contribution in [1.29, 1.82) is 0 Å². The molecule has 0 bridgehead atoms. The van der Waals surface area contributed by atoms with Gasteiger partial charge >= 0.3 is 6.18 Å². The predicted octanol–water partition coefficient (Wildman–Crippen LogP) is 2.44. The molecule has 1 saturated heterocycles. The number of methoxy groups -OCH3 is 1. The molecule has 1 unspecified atom stereocenters. The van der Waals surface area contributed by atoms with Gasteiger partial charge in [-0.1, -0.05) is 0 Å². The van der Waals surface area contributed by atoms with Gasteiger partial charge in [-0.25, -0.2) is 0 Å². The molecule has 8 heteroatoms. The van der Waals surface area contributed by atoms with E-state index in [1.54, 1.807) is 7.11 Å². The fourth-order valence-electron chi connectivity index (χ4n) is 3.33. The van der Waals surface area contributed by atoms with Crippen LogP contribution >= 0.6 is 0 Å². The molecule has 5 nitrogen and oxygen atoms in total. The zero-order valence-corrected chi connectivity index (χ0v) is 14.2. The van der Waals surface area contributed by atoms with Gasteiger partial charge in [-0.2, -0.15) is 13.2 Å². The average Bonchev–Trinajstić information content (AvgIpc) is 2.99. The van der Waals surface area contributed by atoms with E-state index in [0.29, 0.717) is 56.6 Å². The lowest BCUT2D eigenvalue weighted by Crippen LogP contribution is -2.33. The highest BCUT2D eigenvalue weighted by molar-refractivity contribution is 5.54. The minimum absolute atomic E-state index is 0.237. The topological polar surface area (TPSA) is 43.0 Å². The standard InChI is InChI=1S/C17H23F3N2O3/c1-23-14-6-13(7-15-16(14)25-5-4-24-15)9-21-8-12-2-3-22(10-12)11-17(18,19)20/h6-7,12,21H,2-5,8-11H2,1H3. The van der Waals surface area contributed by atoms with Crippen LogP contribution in [0.15, 0.2) is 12.1 Å². The molecule has 0 aromatic heterocycles. The molecule has 1 atom stereocenters. The number of alkyl halides is 3. The van der Waals surface area contributed by atoms with Crippen molar-refractivity contribution in [2.75, 3.05) is 46.5 Å². The van der Waals surface area contributed by atoms with E-state index in [0.717, 1.165) is 12.0 Å². The predicted molar refractivity (Wildman–Crippen MR) is 86.3 cm³/mol. The number of hydrogen-bond acceptors (Lipinski definition) is 5. The summed E-state index contributed by atoms with van der Waals surface area (Å²) in [6, 6.07) is 3.81. The van der Waals surface area contributed by atoms with E-state index in [4.69, 9.17) is 14.2 Å². The number of nitrogens with one attached hydrogen (secondary N) is 1. The van der Waals surface area contributed by atoms with Crippen molar-refractivity contribution in [2.45, 2.75) is 19.1 Å². The number of fused-ring (bicyclic) bond motifs is 1. The second kappa shape index (κ2) is 7.70. The maximum atomic E-state index is 12.4. The zero-order valence-electron chi connectivity index (χ0n) is 14.2. The smallest absolute Gasteiger partial charge is 0.401 e. The molecule has 0 aliphatic carbocycles. The molecule has 2 aliphatic rings. The van der Waals surface area contributed by atoms with Gasteiger partial charge < -0.3 is 19.5 Å². The van der Waals surface area contributed by atoms with Gasteiger partial charge in [0.2, 0.25) is 5.75 Å². The maximum absolute atomic E-state index is 12.4. The lowest BCUT2D eigenvalue weighted by Gasteiger charge is -2.22. The number of nitrogens with zero attached hydrogens (tertiary/aromatic N) is 1. The van der Waals surface area contributed by atoms with Crippen molar-refractivity contribution < 1.29 is 27.4 Å². The largest absolute Gasteiger partial charge is 0.493 e. The number of halogens is 3. The molecule has 1 N–H and O–H groups in total. The summed E-state index contributed by atoms with van der Waals surface area (Å²) in [5, 5.41) is 3.33. The van der Waals surface area contributed by atoms with Crippen LogP contribution in [0.25, 0.3) is 0 Å². The second-order valence-electron chi connectivity index (χ2n) is 6.46. The third kappa shape index (κ3) is 4.92. The number of likely N-dealkylation sites (tertiary alicyclic amines) is 1. The van der Waals surface area contributed by atoms with Gasteiger partial charge in [0, 0.05) is 13.1 Å². The lowest BCUT2D eigenvalue weighted by molar-refractivity contribution is -0.143. The molecule has 0 amide bonds. The first-order chi connectivity index (χ1) is 11.9. The monoisotopic (exact) mass is 360 g/mol. The van der Waals surface area contributed by atoms with Crippen LogP contribution in [0.5, 0.6) is 17.2 Å². The van der Waals surface area contributed by atoms with Gasteiger partial charge in [0.1, 0.15) is 13.2 Å². The lowest BCUT2D eigenvalue weighted by atomic mass is 10.1. The molecule has 140 valence electrons. The third-order valence-corrected chi connectivity index (χ3v) is 4.42. The fraction of sp³-hybridized carbons (Fsp3) is 0.647. The van der Waals surface area contributed by atoms with Crippen LogP contribution in [0.2, 0.25) is 0 Å². The molecular formula is C17H23F3N2O3. The Hall–Kier alpha value is -1.67. The van der Waals surface area contributed by atoms with Crippen molar-refractivity contribution >= 4 is 0 Å². The highest BCUT2D eigenvalue weighted by Gasteiger charge is 2.34. The summed E-state index contributed by atoms with van der Waals surface area (Å²) in [5.41, 5.74) is 0.992. The average molecular weight is 360 g/mol. The van der Waals surface area contributed by atoms with Gasteiger partial charge in [0.25, 0.3) is 0 Å². The molecule has 2 heterocycles. The quantitative estimate of drug-likeness (QED) is 0.844. The Kier molecular flexibility index (Phi) is 5.58. The van der Waals surface area contributed by atoms with Crippen LogP contribution in [0.1, 0.15) is 12.0 Å². The molecule has 0 radical (unpaired) electrons. The van der Waals surface area contributed by atoms with Gasteiger partial charge in [-0.3, -0.25) is 4.90 Å². The first kappa shape index (κ1) is 18.1. The summed E-state index contributed by atoms with van der Waals surface area (Å²) in [6.45, 7) is 2.46. The Bertz CT molecular complexity index is 578. The Morgan fingerprint density at radius 2 is 2.08 bits per heavy atom. The molecule has 3 rings (SSSR count). The zero-order chi connectivity index (χ0) is 17.9. The van der Waals surface area contributed by atoms with Gasteiger partial charge in [-0.05, 0) is 43.1 Å². The Morgan fingerprint density at radius 1 is 1.28 bits per heavy atom. The maximum Gasteiger partial charge on any atom is 0.401 e. The number of hydrogen-bond donors (Lipinski definition) is 1. The summed E-state index contributed by atoms with van der Waals surface area (Å²) >= 11 is 0. The van der Waals surface area contributed by atoms with E-state index in [1.165, 1.54) is 4.90 Å². The van der Waals surface area contributed by atoms with Gasteiger partial charge in [0.15, 0.2) is 11.5 Å². The van der Waals surface area contributed by atoms with Crippen molar-refractivity contribution in [3.8, 4) is 17.2 Å². The highest BCUT2D eigenvalue weighted by atomic mass is 19.4. The van der Waals surface area contributed by atoms with Crippen LogP contribution in [0, 0.1) is 5.92 Å². The molecular weight excluding hydrogens is 337 g/mol. The summed E-state index contributed by atoms with van der Waals surface area (Å²) in [7, 11) is 1.58. The first-order valence-corrected chi connectivity index (χ1v) is 8.41. The Morgan fingerprint density at radius 3 is 2.84 bits per heavy atom. The minimum Gasteiger partial charge on any atom is -0.493 e. The van der Waals surface area contributed by atoms with Crippen molar-refractivity contribution in [1.82, 2.24) is 10.2 Å².